The summed E-state index contributed by atoms with van der Waals surface area (Å²) in [5, 5.41) is 9.74. The molecule has 0 spiro atoms. The molecule has 102 valence electrons. The zero-order valence-corrected chi connectivity index (χ0v) is 11.9. The van der Waals surface area contributed by atoms with E-state index in [4.69, 9.17) is 0 Å². The highest BCUT2D eigenvalue weighted by Gasteiger charge is 2.34. The van der Waals surface area contributed by atoms with E-state index >= 15 is 0 Å². The van der Waals surface area contributed by atoms with Crippen LogP contribution in [-0.2, 0) is 10.2 Å². The molecule has 2 N–H and O–H groups in total. The molecule has 1 aliphatic heterocycles. The van der Waals surface area contributed by atoms with Crippen LogP contribution in [0.2, 0.25) is 0 Å². The Balaban J connectivity index is 2.73. The van der Waals surface area contributed by atoms with Crippen molar-refractivity contribution < 1.29 is 13.5 Å². The van der Waals surface area contributed by atoms with Crippen molar-refractivity contribution in [3.05, 3.63) is 0 Å². The third-order valence-corrected chi connectivity index (χ3v) is 4.84. The van der Waals surface area contributed by atoms with E-state index in [0.717, 1.165) is 6.42 Å². The Bertz CT molecular complexity index is 348. The lowest BCUT2D eigenvalue weighted by molar-refractivity contribution is 0.0515. The summed E-state index contributed by atoms with van der Waals surface area (Å²) >= 11 is 0. The van der Waals surface area contributed by atoms with Crippen LogP contribution in [0.5, 0.6) is 0 Å². The Hall–Kier alpha value is -0.170. The summed E-state index contributed by atoms with van der Waals surface area (Å²) in [5.74, 6) is 0.0419. The smallest absolute Gasteiger partial charge is 0.279 e. The van der Waals surface area contributed by atoms with E-state index in [1.54, 1.807) is 0 Å². The highest BCUT2D eigenvalue weighted by molar-refractivity contribution is 7.87. The summed E-state index contributed by atoms with van der Waals surface area (Å²) in [7, 11) is -3.44. The van der Waals surface area contributed by atoms with Gasteiger partial charge in [0.05, 0.1) is 6.10 Å². The first-order valence-corrected chi connectivity index (χ1v) is 7.57. The molecule has 0 amide bonds. The van der Waals surface area contributed by atoms with E-state index in [0.29, 0.717) is 19.5 Å². The Morgan fingerprint density at radius 1 is 1.41 bits per heavy atom. The molecule has 0 aromatic heterocycles. The molecule has 2 atom stereocenters. The maximum Gasteiger partial charge on any atom is 0.279 e. The van der Waals surface area contributed by atoms with Gasteiger partial charge in [0.2, 0.25) is 0 Å². The second-order valence-corrected chi connectivity index (χ2v) is 7.41. The highest BCUT2D eigenvalue weighted by atomic mass is 32.2. The lowest BCUT2D eigenvalue weighted by atomic mass is 9.94. The van der Waals surface area contributed by atoms with Gasteiger partial charge in [0.15, 0.2) is 0 Å². The van der Waals surface area contributed by atoms with Gasteiger partial charge in [-0.3, -0.25) is 0 Å². The second-order valence-electron chi connectivity index (χ2n) is 5.74. The fraction of sp³-hybridized carbons (Fsp3) is 1.00. The van der Waals surface area contributed by atoms with Crippen LogP contribution >= 0.6 is 0 Å². The zero-order valence-electron chi connectivity index (χ0n) is 11.1. The van der Waals surface area contributed by atoms with Gasteiger partial charge in [-0.2, -0.15) is 17.4 Å². The number of hydrogen-bond donors (Lipinski definition) is 2. The summed E-state index contributed by atoms with van der Waals surface area (Å²) in [4.78, 5) is 0. The van der Waals surface area contributed by atoms with Crippen molar-refractivity contribution in [1.82, 2.24) is 9.03 Å². The molecule has 0 aliphatic carbocycles. The van der Waals surface area contributed by atoms with Gasteiger partial charge in [-0.25, -0.2) is 0 Å². The highest BCUT2D eigenvalue weighted by Crippen LogP contribution is 2.22. The van der Waals surface area contributed by atoms with Gasteiger partial charge in [0.25, 0.3) is 10.2 Å². The van der Waals surface area contributed by atoms with Crippen molar-refractivity contribution in [2.75, 3.05) is 13.1 Å². The fourth-order valence-electron chi connectivity index (χ4n) is 2.06. The minimum absolute atomic E-state index is 0.0419. The first kappa shape index (κ1) is 14.9. The average molecular weight is 264 g/mol. The summed E-state index contributed by atoms with van der Waals surface area (Å²) in [6, 6.07) is 0. The molecule has 17 heavy (non-hydrogen) atoms. The number of aliphatic hydroxyl groups is 1. The molecule has 6 heteroatoms. The Labute approximate surface area is 104 Å². The normalized spacial score (nSPS) is 28.3. The molecule has 0 bridgehead atoms. The van der Waals surface area contributed by atoms with E-state index < -0.39 is 15.7 Å². The van der Waals surface area contributed by atoms with Gasteiger partial charge in [0, 0.05) is 18.6 Å². The molecule has 2 unspecified atom stereocenters. The van der Waals surface area contributed by atoms with E-state index in [9.17, 15) is 13.5 Å². The third kappa shape index (κ3) is 4.21. The molecule has 1 fully saturated rings. The van der Waals surface area contributed by atoms with Crippen LogP contribution in [0.25, 0.3) is 0 Å². The summed E-state index contributed by atoms with van der Waals surface area (Å²) in [5.41, 5.74) is -0.476. The van der Waals surface area contributed by atoms with E-state index in [1.165, 1.54) is 4.31 Å². The van der Waals surface area contributed by atoms with E-state index in [-0.39, 0.29) is 12.0 Å². The molecule has 5 nitrogen and oxygen atoms in total. The zero-order chi connectivity index (χ0) is 13.3. The average Bonchev–Trinajstić information content (AvgIpc) is 2.14. The van der Waals surface area contributed by atoms with Crippen molar-refractivity contribution >= 4 is 10.2 Å². The van der Waals surface area contributed by atoms with E-state index in [1.807, 2.05) is 27.7 Å². The molecular weight excluding hydrogens is 240 g/mol. The molecule has 1 aliphatic rings. The Morgan fingerprint density at radius 3 is 2.47 bits per heavy atom. The quantitative estimate of drug-likeness (QED) is 0.789. The van der Waals surface area contributed by atoms with Gasteiger partial charge >= 0.3 is 0 Å². The molecule has 0 saturated carbocycles. The van der Waals surface area contributed by atoms with Crippen molar-refractivity contribution in [3.63, 3.8) is 0 Å². The monoisotopic (exact) mass is 264 g/mol. The standard InChI is InChI=1S/C11H24N2O3S/c1-5-9-8-13(7-6-10(9)14)17(15,16)12-11(2,3)4/h9-10,12,14H,5-8H2,1-4H3. The molecule has 0 radical (unpaired) electrons. The van der Waals surface area contributed by atoms with Crippen molar-refractivity contribution in [2.24, 2.45) is 5.92 Å². The van der Waals surface area contributed by atoms with Crippen LogP contribution in [0.1, 0.15) is 40.5 Å². The minimum atomic E-state index is -3.44. The Kier molecular flexibility index (Phi) is 4.57. The van der Waals surface area contributed by atoms with Crippen LogP contribution in [-0.4, -0.2) is 42.6 Å². The SMILES string of the molecule is CCC1CN(S(=O)(=O)NC(C)(C)C)CCC1O. The minimum Gasteiger partial charge on any atom is -0.393 e. The summed E-state index contributed by atoms with van der Waals surface area (Å²) in [6.07, 6.45) is 0.938. The molecule has 1 saturated heterocycles. The number of aliphatic hydroxyl groups excluding tert-OH is 1. The topological polar surface area (TPSA) is 69.6 Å². The number of hydrogen-bond acceptors (Lipinski definition) is 3. The van der Waals surface area contributed by atoms with Crippen molar-refractivity contribution in [3.8, 4) is 0 Å². The van der Waals surface area contributed by atoms with Gasteiger partial charge in [-0.05, 0) is 39.5 Å². The lowest BCUT2D eigenvalue weighted by Crippen LogP contribution is -2.53. The predicted molar refractivity (Wildman–Crippen MR) is 67.8 cm³/mol. The van der Waals surface area contributed by atoms with Crippen LogP contribution in [0.3, 0.4) is 0 Å². The van der Waals surface area contributed by atoms with Crippen LogP contribution < -0.4 is 4.72 Å². The van der Waals surface area contributed by atoms with Gasteiger partial charge in [-0.15, -0.1) is 0 Å². The van der Waals surface area contributed by atoms with Crippen molar-refractivity contribution in [1.29, 1.82) is 0 Å². The number of piperidine rings is 1. The fourth-order valence-corrected chi connectivity index (χ4v) is 3.69. The second kappa shape index (κ2) is 5.22. The van der Waals surface area contributed by atoms with Gasteiger partial charge in [0.1, 0.15) is 0 Å². The number of nitrogens with zero attached hydrogens (tertiary/aromatic N) is 1. The van der Waals surface area contributed by atoms with Crippen LogP contribution in [0.4, 0.5) is 0 Å². The van der Waals surface area contributed by atoms with Gasteiger partial charge in [-0.1, -0.05) is 6.92 Å². The largest absolute Gasteiger partial charge is 0.393 e. The molecule has 1 rings (SSSR count). The van der Waals surface area contributed by atoms with Crippen LogP contribution in [0, 0.1) is 5.92 Å². The van der Waals surface area contributed by atoms with Gasteiger partial charge < -0.3 is 5.11 Å². The van der Waals surface area contributed by atoms with Crippen molar-refractivity contribution in [2.45, 2.75) is 52.2 Å². The molecule has 0 aromatic carbocycles. The number of rotatable bonds is 3. The van der Waals surface area contributed by atoms with E-state index in [2.05, 4.69) is 4.72 Å². The molecule has 0 aromatic rings. The molecule has 1 heterocycles. The first-order chi connectivity index (χ1) is 7.65. The molecular formula is C11H24N2O3S. The summed E-state index contributed by atoms with van der Waals surface area (Å²) < 4.78 is 28.3. The maximum atomic E-state index is 12.1. The third-order valence-electron chi connectivity index (χ3n) is 2.96. The predicted octanol–water partition coefficient (Wildman–Crippen LogP) is 0.712. The first-order valence-electron chi connectivity index (χ1n) is 6.13. The summed E-state index contributed by atoms with van der Waals surface area (Å²) in [6.45, 7) is 8.23. The van der Waals surface area contributed by atoms with Crippen LogP contribution in [0.15, 0.2) is 0 Å². The Morgan fingerprint density at radius 2 is 2.00 bits per heavy atom. The number of nitrogens with one attached hydrogen (secondary N) is 1. The lowest BCUT2D eigenvalue weighted by Gasteiger charge is -2.36. The maximum absolute atomic E-state index is 12.1.